The van der Waals surface area contributed by atoms with Crippen molar-refractivity contribution in [2.75, 3.05) is 5.75 Å². The number of nitrogens with one attached hydrogen (secondary N) is 1. The molecule has 2 aromatic carbocycles. The fourth-order valence-electron chi connectivity index (χ4n) is 3.32. The van der Waals surface area contributed by atoms with E-state index in [-0.39, 0.29) is 29.4 Å². The van der Waals surface area contributed by atoms with Crippen molar-refractivity contribution in [2.45, 2.75) is 38.5 Å². The Balaban J connectivity index is 1.81. The van der Waals surface area contributed by atoms with Gasteiger partial charge >= 0.3 is 0 Å². The number of hydrogen-bond acceptors (Lipinski definition) is 5. The fourth-order valence-corrected chi connectivity index (χ4v) is 4.16. The van der Waals surface area contributed by atoms with Gasteiger partial charge in [-0.2, -0.15) is 0 Å². The molecule has 32 heavy (non-hydrogen) atoms. The molecule has 0 saturated carbocycles. The van der Waals surface area contributed by atoms with E-state index in [1.54, 1.807) is 24.3 Å². The number of Topliss-reactive ketones (excluding diaryl/α,β-unsaturated/α-hetero) is 1. The number of hydrogen-bond donors (Lipinski definition) is 1. The lowest BCUT2D eigenvalue weighted by Crippen LogP contribution is -2.34. The number of allylic oxidation sites excluding steroid dienone is 1. The molecule has 1 atom stereocenters. The lowest BCUT2D eigenvalue weighted by molar-refractivity contribution is 0.0921. The van der Waals surface area contributed by atoms with E-state index in [1.165, 1.54) is 11.8 Å². The highest BCUT2D eigenvalue weighted by Gasteiger charge is 2.26. The molecule has 0 saturated heterocycles. The molecular formula is C25H28N4O2S. The van der Waals surface area contributed by atoms with Gasteiger partial charge in [0.25, 0.3) is 5.91 Å². The maximum Gasteiger partial charge on any atom is 0.251 e. The average Bonchev–Trinajstić information content (AvgIpc) is 3.18. The third kappa shape index (κ3) is 5.73. The van der Waals surface area contributed by atoms with Crippen molar-refractivity contribution in [3.05, 3.63) is 89.8 Å². The summed E-state index contributed by atoms with van der Waals surface area (Å²) in [6, 6.07) is 16.3. The number of thioether (sulfide) groups is 1. The lowest BCUT2D eigenvalue weighted by Gasteiger charge is -2.22. The van der Waals surface area contributed by atoms with Crippen LogP contribution in [0.3, 0.4) is 0 Å². The zero-order valence-electron chi connectivity index (χ0n) is 18.6. The predicted octanol–water partition coefficient (Wildman–Crippen LogP) is 4.87. The Bertz CT molecular complexity index is 1090. The van der Waals surface area contributed by atoms with Gasteiger partial charge in [-0.3, -0.25) is 9.59 Å². The van der Waals surface area contributed by atoms with Gasteiger partial charge in [0.2, 0.25) is 0 Å². The summed E-state index contributed by atoms with van der Waals surface area (Å²) in [5.74, 6) is 0.852. The average molecular weight is 449 g/mol. The van der Waals surface area contributed by atoms with Crippen molar-refractivity contribution < 1.29 is 9.59 Å². The highest BCUT2D eigenvalue weighted by molar-refractivity contribution is 7.99. The molecule has 0 radical (unpaired) electrons. The zero-order chi connectivity index (χ0) is 23.1. The summed E-state index contributed by atoms with van der Waals surface area (Å²) in [5, 5.41) is 12.4. The molecule has 1 amide bonds. The number of rotatable bonds is 10. The van der Waals surface area contributed by atoms with Gasteiger partial charge in [0.15, 0.2) is 16.8 Å². The van der Waals surface area contributed by atoms with E-state index in [2.05, 4.69) is 22.1 Å². The van der Waals surface area contributed by atoms with Gasteiger partial charge in [-0.15, -0.1) is 16.8 Å². The zero-order valence-corrected chi connectivity index (χ0v) is 19.4. The third-order valence-corrected chi connectivity index (χ3v) is 5.96. The molecule has 0 unspecified atom stereocenters. The van der Waals surface area contributed by atoms with Gasteiger partial charge in [0.1, 0.15) is 0 Å². The van der Waals surface area contributed by atoms with Crippen molar-refractivity contribution in [1.82, 2.24) is 20.1 Å². The number of nitrogens with zero attached hydrogens (tertiary/aromatic N) is 3. The van der Waals surface area contributed by atoms with Crippen molar-refractivity contribution in [3.63, 3.8) is 0 Å². The SMILES string of the molecule is C=CCn1c(SCC(=O)c2ccccc2)nnc1[C@H](NC(=O)c1cccc(C)c1)C(C)C. The minimum Gasteiger partial charge on any atom is -0.342 e. The summed E-state index contributed by atoms with van der Waals surface area (Å²) in [7, 11) is 0. The number of carbonyl (C=O) groups excluding carboxylic acids is 2. The molecule has 0 aliphatic heterocycles. The van der Waals surface area contributed by atoms with Crippen LogP contribution in [0.4, 0.5) is 0 Å². The summed E-state index contributed by atoms with van der Waals surface area (Å²) in [6.45, 7) is 10.3. The summed E-state index contributed by atoms with van der Waals surface area (Å²) < 4.78 is 1.91. The Labute approximate surface area is 193 Å². The molecular weight excluding hydrogens is 420 g/mol. The smallest absolute Gasteiger partial charge is 0.251 e. The second-order valence-corrected chi connectivity index (χ2v) is 8.83. The first-order chi connectivity index (χ1) is 15.4. The Morgan fingerprint density at radius 3 is 2.47 bits per heavy atom. The first-order valence-corrected chi connectivity index (χ1v) is 11.5. The number of amides is 1. The number of aromatic nitrogens is 3. The molecule has 7 heteroatoms. The fraction of sp³-hybridized carbons (Fsp3) is 0.280. The van der Waals surface area contributed by atoms with Crippen LogP contribution in [0.1, 0.15) is 52.0 Å². The summed E-state index contributed by atoms with van der Waals surface area (Å²) in [4.78, 5) is 25.4. The monoisotopic (exact) mass is 448 g/mol. The summed E-state index contributed by atoms with van der Waals surface area (Å²) >= 11 is 1.34. The molecule has 3 aromatic rings. The number of carbonyl (C=O) groups is 2. The topological polar surface area (TPSA) is 76.9 Å². The highest BCUT2D eigenvalue weighted by Crippen LogP contribution is 2.26. The molecule has 1 aromatic heterocycles. The van der Waals surface area contributed by atoms with Crippen LogP contribution in [-0.4, -0.2) is 32.2 Å². The molecule has 1 heterocycles. The van der Waals surface area contributed by atoms with Gasteiger partial charge < -0.3 is 9.88 Å². The molecule has 0 bridgehead atoms. The lowest BCUT2D eigenvalue weighted by atomic mass is 10.0. The Morgan fingerprint density at radius 1 is 1.09 bits per heavy atom. The van der Waals surface area contributed by atoms with Gasteiger partial charge in [-0.1, -0.05) is 79.7 Å². The first kappa shape index (κ1) is 23.5. The predicted molar refractivity (Wildman–Crippen MR) is 128 cm³/mol. The molecule has 0 aliphatic rings. The van der Waals surface area contributed by atoms with Gasteiger partial charge in [-0.25, -0.2) is 0 Å². The number of benzene rings is 2. The van der Waals surface area contributed by atoms with E-state index in [0.717, 1.165) is 5.56 Å². The van der Waals surface area contributed by atoms with E-state index in [1.807, 2.05) is 61.7 Å². The molecule has 166 valence electrons. The molecule has 1 N–H and O–H groups in total. The summed E-state index contributed by atoms with van der Waals surface area (Å²) in [5.41, 5.74) is 2.30. The molecule has 6 nitrogen and oxygen atoms in total. The molecule has 0 fully saturated rings. The van der Waals surface area contributed by atoms with Crippen molar-refractivity contribution >= 4 is 23.5 Å². The van der Waals surface area contributed by atoms with E-state index in [4.69, 9.17) is 0 Å². The minimum absolute atomic E-state index is 0.0264. The Kier molecular flexibility index (Phi) is 8.00. The summed E-state index contributed by atoms with van der Waals surface area (Å²) in [6.07, 6.45) is 1.76. The first-order valence-electron chi connectivity index (χ1n) is 10.5. The van der Waals surface area contributed by atoms with Crippen LogP contribution in [0.2, 0.25) is 0 Å². The molecule has 0 aliphatic carbocycles. The van der Waals surface area contributed by atoms with Crippen molar-refractivity contribution in [3.8, 4) is 0 Å². The van der Waals surface area contributed by atoms with Crippen LogP contribution >= 0.6 is 11.8 Å². The highest BCUT2D eigenvalue weighted by atomic mass is 32.2. The number of ketones is 1. The van der Waals surface area contributed by atoms with Crippen molar-refractivity contribution in [1.29, 1.82) is 0 Å². The number of aryl methyl sites for hydroxylation is 1. The minimum atomic E-state index is -0.338. The van der Waals surface area contributed by atoms with Crippen molar-refractivity contribution in [2.24, 2.45) is 5.92 Å². The standard InChI is InChI=1S/C25H28N4O2S/c1-5-14-29-23(22(17(2)3)26-24(31)20-13-9-10-18(4)15-20)27-28-25(29)32-16-21(30)19-11-7-6-8-12-19/h5-13,15,17,22H,1,14,16H2,2-4H3,(H,26,31)/t22-/m1/s1. The van der Waals surface area contributed by atoms with E-state index >= 15 is 0 Å². The second-order valence-electron chi connectivity index (χ2n) is 7.88. The van der Waals surface area contributed by atoms with Gasteiger partial charge in [0, 0.05) is 17.7 Å². The Hall–Kier alpha value is -3.19. The van der Waals surface area contributed by atoms with E-state index < -0.39 is 0 Å². The van der Waals surface area contributed by atoms with Crippen LogP contribution in [-0.2, 0) is 6.54 Å². The maximum absolute atomic E-state index is 12.9. The van der Waals surface area contributed by atoms with E-state index in [9.17, 15) is 9.59 Å². The van der Waals surface area contributed by atoms with Crippen LogP contribution in [0.5, 0.6) is 0 Å². The van der Waals surface area contributed by atoms with E-state index in [0.29, 0.717) is 28.7 Å². The second kappa shape index (κ2) is 10.9. The van der Waals surface area contributed by atoms with Crippen LogP contribution in [0, 0.1) is 12.8 Å². The van der Waals surface area contributed by atoms with Gasteiger partial charge in [0.05, 0.1) is 11.8 Å². The van der Waals surface area contributed by atoms with Crippen LogP contribution < -0.4 is 5.32 Å². The largest absolute Gasteiger partial charge is 0.342 e. The molecule has 3 rings (SSSR count). The normalized spacial score (nSPS) is 11.9. The third-order valence-electron chi connectivity index (χ3n) is 5.00. The Morgan fingerprint density at radius 2 is 1.81 bits per heavy atom. The van der Waals surface area contributed by atoms with Crippen LogP contribution in [0.15, 0.2) is 72.4 Å². The van der Waals surface area contributed by atoms with Crippen LogP contribution in [0.25, 0.3) is 0 Å². The maximum atomic E-state index is 12.9. The quantitative estimate of drug-likeness (QED) is 0.272. The van der Waals surface area contributed by atoms with Gasteiger partial charge in [-0.05, 0) is 25.0 Å². The molecule has 0 spiro atoms.